The molecule has 5 heterocycles. The molecule has 0 radical (unpaired) electrons. The standard InChI is InChI=1S/C27H25N5O3.C23H23ClN4O3.C23H23FN4O3/c33-25(34)16-20-17-28-24(31-26(20)32-13-3-4-14-32)15-18-7-10-21(11-8-18)29-27(35)23-12-9-19-5-1-2-6-22(19)30-23;2*1-14(21-25-13-17(12-20(29)30)22(27-21)28(2)3)15-6-10-19(11-7-15)26-23(31)16-4-8-18(24)9-5-16/h1-2,5-12,17H,3-4,13-16H2,(H,29,35)(H,33,34);2*4-11,13-14H,12H2,1-3H3,(H,26,31)(H,29,30). The fourth-order valence-corrected chi connectivity index (χ4v) is 10.6. The molecule has 0 spiro atoms. The van der Waals surface area contributed by atoms with Crippen LogP contribution < -0.4 is 30.7 Å². The van der Waals surface area contributed by atoms with Crippen LogP contribution in [0.5, 0.6) is 0 Å². The minimum Gasteiger partial charge on any atom is -0.481 e. The quantitative estimate of drug-likeness (QED) is 0.0389. The number of rotatable bonds is 21. The second-order valence-corrected chi connectivity index (χ2v) is 23.7. The smallest absolute Gasteiger partial charge is 0.308 e. The first-order chi connectivity index (χ1) is 46.5. The van der Waals surface area contributed by atoms with Crippen LogP contribution in [0.2, 0.25) is 5.02 Å². The van der Waals surface area contributed by atoms with Crippen molar-refractivity contribution in [3.05, 3.63) is 255 Å². The van der Waals surface area contributed by atoms with Gasteiger partial charge in [-0.3, -0.25) is 28.8 Å². The van der Waals surface area contributed by atoms with Gasteiger partial charge in [0.1, 0.15) is 46.4 Å². The maximum atomic E-state index is 13.0. The highest BCUT2D eigenvalue weighted by Gasteiger charge is 2.23. The van der Waals surface area contributed by atoms with Crippen molar-refractivity contribution >= 4 is 92.6 Å². The summed E-state index contributed by atoms with van der Waals surface area (Å²) in [6, 6.07) is 45.6. The normalized spacial score (nSPS) is 12.2. The molecule has 3 amide bonds. The Morgan fingerprint density at radius 3 is 1.44 bits per heavy atom. The second kappa shape index (κ2) is 32.5. The molecular weight excluding hydrogens is 1260 g/mol. The zero-order chi connectivity index (χ0) is 69.3. The number of benzene rings is 6. The Morgan fingerprint density at radius 2 is 0.959 bits per heavy atom. The Bertz CT molecular complexity index is 4270. The molecule has 496 valence electrons. The van der Waals surface area contributed by atoms with E-state index in [0.717, 1.165) is 59.3 Å². The number of amides is 3. The van der Waals surface area contributed by atoms with E-state index in [1.807, 2.05) is 119 Å². The van der Waals surface area contributed by atoms with Crippen LogP contribution in [0, 0.1) is 5.82 Å². The number of aromatic nitrogens is 7. The highest BCUT2D eigenvalue weighted by molar-refractivity contribution is 6.30. The van der Waals surface area contributed by atoms with Crippen molar-refractivity contribution in [1.29, 1.82) is 0 Å². The van der Waals surface area contributed by atoms with Gasteiger partial charge in [-0.2, -0.15) is 0 Å². The van der Waals surface area contributed by atoms with Crippen LogP contribution in [0.3, 0.4) is 0 Å². The first kappa shape index (κ1) is 69.7. The number of pyridine rings is 1. The van der Waals surface area contributed by atoms with E-state index >= 15 is 0 Å². The molecule has 0 bridgehead atoms. The molecule has 2 atom stereocenters. The molecule has 1 fully saturated rings. The molecular formula is C73H71ClFN13O9. The zero-order valence-corrected chi connectivity index (χ0v) is 54.8. The van der Waals surface area contributed by atoms with E-state index in [-0.39, 0.29) is 48.8 Å². The molecule has 0 saturated carbocycles. The lowest BCUT2D eigenvalue weighted by molar-refractivity contribution is -0.137. The average molecular weight is 1330 g/mol. The van der Waals surface area contributed by atoms with E-state index in [1.54, 1.807) is 85.0 Å². The fraction of sp³-hybridized carbons (Fsp3) is 0.219. The number of aliphatic carboxylic acids is 3. The Hall–Kier alpha value is -11.6. The van der Waals surface area contributed by atoms with Crippen molar-refractivity contribution in [2.24, 2.45) is 0 Å². The van der Waals surface area contributed by atoms with Gasteiger partial charge in [0.2, 0.25) is 0 Å². The number of nitrogens with zero attached hydrogens (tertiary/aromatic N) is 10. The maximum absolute atomic E-state index is 13.0. The Labute approximate surface area is 564 Å². The van der Waals surface area contributed by atoms with Crippen LogP contribution in [-0.4, -0.2) is 127 Å². The van der Waals surface area contributed by atoms with Crippen molar-refractivity contribution in [2.45, 2.75) is 64.2 Å². The van der Waals surface area contributed by atoms with Gasteiger partial charge in [-0.15, -0.1) is 0 Å². The summed E-state index contributed by atoms with van der Waals surface area (Å²) in [5, 5.41) is 37.5. The van der Waals surface area contributed by atoms with Crippen LogP contribution in [-0.2, 0) is 40.1 Å². The summed E-state index contributed by atoms with van der Waals surface area (Å²) in [5.74, 6) is -0.531. The van der Waals surface area contributed by atoms with Crippen molar-refractivity contribution < 1.29 is 48.5 Å². The molecule has 10 aromatic rings. The SMILES string of the molecule is CC(c1ccc(NC(=O)c2ccc(Cl)cc2)cc1)c1ncc(CC(=O)O)c(N(C)C)n1.CC(c1ccc(NC(=O)c2ccc(F)cc2)cc1)c1ncc(CC(=O)O)c(N(C)C)n1.O=C(O)Cc1cnc(Cc2ccc(NC(=O)c3ccc4ccccc4n3)cc2)nc1N1CCCC1. The number of carbonyl (C=O) groups excluding carboxylic acids is 3. The van der Waals surface area contributed by atoms with Gasteiger partial charge in [-0.25, -0.2) is 39.3 Å². The Balaban J connectivity index is 0.000000171. The summed E-state index contributed by atoms with van der Waals surface area (Å²) in [4.78, 5) is 108. The summed E-state index contributed by atoms with van der Waals surface area (Å²) in [6.45, 7) is 5.69. The topological polar surface area (TPSA) is 299 Å². The molecule has 4 aromatic heterocycles. The van der Waals surface area contributed by atoms with Crippen LogP contribution in [0.25, 0.3) is 10.9 Å². The number of nitrogens with one attached hydrogen (secondary N) is 3. The second-order valence-electron chi connectivity index (χ2n) is 23.3. The van der Waals surface area contributed by atoms with Crippen LogP contribution in [0.15, 0.2) is 176 Å². The molecule has 0 aliphatic carbocycles. The number of fused-ring (bicyclic) bond motifs is 1. The third-order valence-corrected chi connectivity index (χ3v) is 15.9. The van der Waals surface area contributed by atoms with E-state index < -0.39 is 23.7 Å². The van der Waals surface area contributed by atoms with Gasteiger partial charge in [0, 0.05) is 133 Å². The lowest BCUT2D eigenvalue weighted by Crippen LogP contribution is -2.22. The van der Waals surface area contributed by atoms with Crippen LogP contribution >= 0.6 is 11.6 Å². The van der Waals surface area contributed by atoms with Crippen molar-refractivity contribution in [1.82, 2.24) is 34.9 Å². The molecule has 1 aliphatic heterocycles. The van der Waals surface area contributed by atoms with Crippen LogP contribution in [0.4, 0.5) is 38.9 Å². The number of carbonyl (C=O) groups is 6. The van der Waals surface area contributed by atoms with E-state index in [9.17, 15) is 38.3 Å². The number of para-hydroxylation sites is 1. The number of carboxylic acid groups (broad SMARTS) is 3. The maximum Gasteiger partial charge on any atom is 0.308 e. The van der Waals surface area contributed by atoms with E-state index in [0.29, 0.717) is 91.1 Å². The highest BCUT2D eigenvalue weighted by atomic mass is 35.5. The number of halogens is 2. The summed E-state index contributed by atoms with van der Waals surface area (Å²) in [7, 11) is 7.25. The third kappa shape index (κ3) is 19.3. The van der Waals surface area contributed by atoms with E-state index in [4.69, 9.17) is 26.8 Å². The predicted molar refractivity (Wildman–Crippen MR) is 371 cm³/mol. The molecule has 1 saturated heterocycles. The minimum absolute atomic E-state index is 0.0907. The van der Waals surface area contributed by atoms with Gasteiger partial charge in [0.05, 0.1) is 24.8 Å². The van der Waals surface area contributed by atoms with Crippen molar-refractivity contribution in [3.8, 4) is 0 Å². The van der Waals surface area contributed by atoms with E-state index in [2.05, 4.69) is 50.8 Å². The lowest BCUT2D eigenvalue weighted by Gasteiger charge is -2.20. The zero-order valence-electron chi connectivity index (χ0n) is 54.1. The third-order valence-electron chi connectivity index (χ3n) is 15.6. The minimum atomic E-state index is -0.939. The number of anilines is 6. The molecule has 6 N–H and O–H groups in total. The Kier molecular flexibility index (Phi) is 23.4. The summed E-state index contributed by atoms with van der Waals surface area (Å²) in [5.41, 5.74) is 8.63. The monoisotopic (exact) mass is 1330 g/mol. The molecule has 22 nitrogen and oxygen atoms in total. The lowest BCUT2D eigenvalue weighted by atomic mass is 9.99. The van der Waals surface area contributed by atoms with Gasteiger partial charge < -0.3 is 46.0 Å². The van der Waals surface area contributed by atoms with E-state index in [1.165, 1.54) is 24.3 Å². The first-order valence-corrected chi connectivity index (χ1v) is 31.3. The van der Waals surface area contributed by atoms with Gasteiger partial charge >= 0.3 is 17.9 Å². The van der Waals surface area contributed by atoms with Gasteiger partial charge in [-0.1, -0.05) is 86.1 Å². The summed E-state index contributed by atoms with van der Waals surface area (Å²) < 4.78 is 13.0. The largest absolute Gasteiger partial charge is 0.481 e. The summed E-state index contributed by atoms with van der Waals surface area (Å²) in [6.07, 6.45) is 7.05. The Morgan fingerprint density at radius 1 is 0.515 bits per heavy atom. The average Bonchev–Trinajstić information content (AvgIpc) is 1.48. The molecule has 24 heteroatoms. The molecule has 6 aromatic carbocycles. The molecule has 97 heavy (non-hydrogen) atoms. The number of carboxylic acids is 3. The highest BCUT2D eigenvalue weighted by Crippen LogP contribution is 2.29. The van der Waals surface area contributed by atoms with Crippen molar-refractivity contribution in [2.75, 3.05) is 71.9 Å². The fourth-order valence-electron chi connectivity index (χ4n) is 10.5. The van der Waals surface area contributed by atoms with Gasteiger partial charge in [0.25, 0.3) is 17.7 Å². The number of hydrogen-bond donors (Lipinski definition) is 6. The van der Waals surface area contributed by atoms with Gasteiger partial charge in [0.15, 0.2) is 0 Å². The molecule has 1 aliphatic rings. The first-order valence-electron chi connectivity index (χ1n) is 30.9. The molecule has 11 rings (SSSR count). The molecule has 2 unspecified atom stereocenters. The number of hydrogen-bond acceptors (Lipinski definition) is 16. The predicted octanol–water partition coefficient (Wildman–Crippen LogP) is 12.0. The van der Waals surface area contributed by atoms with Crippen molar-refractivity contribution in [3.63, 3.8) is 0 Å². The van der Waals surface area contributed by atoms with Crippen LogP contribution in [0.1, 0.15) is 121 Å². The summed E-state index contributed by atoms with van der Waals surface area (Å²) >= 11 is 5.86. The van der Waals surface area contributed by atoms with Gasteiger partial charge in [-0.05, 0) is 127 Å².